The number of ketones is 1. The molecule has 0 amide bonds. The number of ether oxygens (including phenoxy) is 1. The highest BCUT2D eigenvalue weighted by Crippen LogP contribution is 2.11. The second kappa shape index (κ2) is 8.61. The molecule has 0 radical (unpaired) electrons. The van der Waals surface area contributed by atoms with Gasteiger partial charge in [-0.15, -0.1) is 0 Å². The molecule has 3 aromatic rings. The zero-order valence-electron chi connectivity index (χ0n) is 15.9. The van der Waals surface area contributed by atoms with E-state index >= 15 is 0 Å². The van der Waals surface area contributed by atoms with E-state index in [4.69, 9.17) is 4.74 Å². The van der Waals surface area contributed by atoms with Crippen molar-refractivity contribution in [2.75, 3.05) is 0 Å². The van der Waals surface area contributed by atoms with Crippen LogP contribution < -0.4 is 5.56 Å². The van der Waals surface area contributed by atoms with E-state index in [9.17, 15) is 14.4 Å². The van der Waals surface area contributed by atoms with E-state index < -0.39 is 12.1 Å². The van der Waals surface area contributed by atoms with Gasteiger partial charge in [0.05, 0.1) is 17.3 Å². The van der Waals surface area contributed by atoms with Crippen LogP contribution >= 0.6 is 0 Å². The Morgan fingerprint density at radius 3 is 2.54 bits per heavy atom. The third-order valence-corrected chi connectivity index (χ3v) is 4.55. The van der Waals surface area contributed by atoms with Crippen LogP contribution in [0.15, 0.2) is 53.3 Å². The first kappa shape index (κ1) is 19.5. The van der Waals surface area contributed by atoms with Gasteiger partial charge in [0.25, 0.3) is 5.56 Å². The highest BCUT2D eigenvalue weighted by Gasteiger charge is 2.19. The molecule has 144 valence electrons. The zero-order chi connectivity index (χ0) is 20.1. The molecule has 0 saturated heterocycles. The van der Waals surface area contributed by atoms with Crippen molar-refractivity contribution in [1.82, 2.24) is 9.97 Å². The summed E-state index contributed by atoms with van der Waals surface area (Å²) in [6.45, 7) is 3.60. The monoisotopic (exact) mass is 378 g/mol. The number of Topliss-reactive ketones (excluding diaryl/α,β-unsaturated/α-hetero) is 1. The Morgan fingerprint density at radius 2 is 1.82 bits per heavy atom. The van der Waals surface area contributed by atoms with Gasteiger partial charge in [0.1, 0.15) is 5.82 Å². The molecule has 0 aliphatic rings. The Kier molecular flexibility index (Phi) is 5.99. The Labute approximate surface area is 162 Å². The third kappa shape index (κ3) is 4.52. The van der Waals surface area contributed by atoms with E-state index in [-0.39, 0.29) is 24.2 Å². The van der Waals surface area contributed by atoms with Gasteiger partial charge in [-0.25, -0.2) is 4.98 Å². The highest BCUT2D eigenvalue weighted by molar-refractivity contribution is 6.00. The number of hydrogen-bond acceptors (Lipinski definition) is 5. The molecule has 3 rings (SSSR count). The number of nitrogens with zero attached hydrogens (tertiary/aromatic N) is 1. The molecule has 0 fully saturated rings. The van der Waals surface area contributed by atoms with Crippen molar-refractivity contribution < 1.29 is 14.3 Å². The van der Waals surface area contributed by atoms with Crippen LogP contribution in [0, 0.1) is 0 Å². The summed E-state index contributed by atoms with van der Waals surface area (Å²) in [5.41, 5.74) is 1.98. The Hall–Kier alpha value is -3.28. The van der Waals surface area contributed by atoms with E-state index in [2.05, 4.69) is 9.97 Å². The van der Waals surface area contributed by atoms with Crippen molar-refractivity contribution in [1.29, 1.82) is 0 Å². The largest absolute Gasteiger partial charge is 0.454 e. The Bertz CT molecular complexity index is 1050. The predicted octanol–water partition coefficient (Wildman–Crippen LogP) is 3.23. The summed E-state index contributed by atoms with van der Waals surface area (Å²) in [6.07, 6.45) is 0.270. The number of fused-ring (bicyclic) bond motifs is 1. The molecular weight excluding hydrogens is 356 g/mol. The van der Waals surface area contributed by atoms with Crippen LogP contribution in [0.4, 0.5) is 0 Å². The van der Waals surface area contributed by atoms with Crippen LogP contribution in [0.2, 0.25) is 0 Å². The van der Waals surface area contributed by atoms with Gasteiger partial charge in [-0.1, -0.05) is 43.3 Å². The van der Waals surface area contributed by atoms with Crippen LogP contribution in [-0.4, -0.2) is 27.8 Å². The number of benzene rings is 2. The molecule has 1 heterocycles. The van der Waals surface area contributed by atoms with Gasteiger partial charge < -0.3 is 9.72 Å². The minimum atomic E-state index is -0.872. The molecule has 0 aliphatic heterocycles. The van der Waals surface area contributed by atoms with Crippen molar-refractivity contribution in [3.63, 3.8) is 0 Å². The number of rotatable bonds is 7. The molecule has 0 saturated carbocycles. The summed E-state index contributed by atoms with van der Waals surface area (Å²) in [4.78, 5) is 43.6. The van der Waals surface area contributed by atoms with Gasteiger partial charge in [-0.05, 0) is 31.0 Å². The number of aromatic amines is 1. The quantitative estimate of drug-likeness (QED) is 0.504. The smallest absolute Gasteiger partial charge is 0.306 e. The van der Waals surface area contributed by atoms with Crippen molar-refractivity contribution in [2.45, 2.75) is 39.2 Å². The van der Waals surface area contributed by atoms with Crippen LogP contribution in [0.3, 0.4) is 0 Å². The number of aromatic nitrogens is 2. The second-order valence-corrected chi connectivity index (χ2v) is 6.58. The lowest BCUT2D eigenvalue weighted by atomic mass is 10.0. The van der Waals surface area contributed by atoms with Crippen molar-refractivity contribution >= 4 is 22.7 Å². The second-order valence-electron chi connectivity index (χ2n) is 6.58. The Morgan fingerprint density at radius 1 is 1.11 bits per heavy atom. The molecule has 6 nitrogen and oxygen atoms in total. The standard InChI is InChI=1S/C22H22N2O4/c1-3-15-8-10-16(11-9-15)21(26)14(2)28-20(25)13-12-19-23-18-7-5-4-6-17(18)22(27)24-19/h4-11,14H,3,12-13H2,1-2H3,(H,23,24,27)/t14-/m1/s1. The lowest BCUT2D eigenvalue weighted by molar-refractivity contribution is -0.146. The van der Waals surface area contributed by atoms with E-state index in [0.29, 0.717) is 22.3 Å². The van der Waals surface area contributed by atoms with Crippen LogP contribution in [0.25, 0.3) is 10.9 Å². The number of H-pyrrole nitrogens is 1. The SMILES string of the molecule is CCc1ccc(C(=O)[C@@H](C)OC(=O)CCc2nc3ccccc3c(=O)[nH]2)cc1. The fraction of sp³-hybridized carbons (Fsp3) is 0.273. The number of aryl methyl sites for hydroxylation is 2. The van der Waals surface area contributed by atoms with E-state index in [1.165, 1.54) is 0 Å². The lowest BCUT2D eigenvalue weighted by Crippen LogP contribution is -2.25. The maximum Gasteiger partial charge on any atom is 0.306 e. The number of nitrogens with one attached hydrogen (secondary N) is 1. The van der Waals surface area contributed by atoms with Crippen molar-refractivity contribution in [3.8, 4) is 0 Å². The van der Waals surface area contributed by atoms with Crippen LogP contribution in [0.1, 0.15) is 42.0 Å². The first-order chi connectivity index (χ1) is 13.5. The molecular formula is C22H22N2O4. The zero-order valence-corrected chi connectivity index (χ0v) is 15.9. The summed E-state index contributed by atoms with van der Waals surface area (Å²) < 4.78 is 5.25. The molecule has 0 unspecified atom stereocenters. The maximum absolute atomic E-state index is 12.4. The molecule has 0 bridgehead atoms. The van der Waals surface area contributed by atoms with Gasteiger partial charge in [0.2, 0.25) is 5.78 Å². The summed E-state index contributed by atoms with van der Waals surface area (Å²) in [7, 11) is 0. The minimum Gasteiger partial charge on any atom is -0.454 e. The fourth-order valence-electron chi connectivity index (χ4n) is 2.92. The predicted molar refractivity (Wildman–Crippen MR) is 106 cm³/mol. The highest BCUT2D eigenvalue weighted by atomic mass is 16.5. The van der Waals surface area contributed by atoms with Crippen molar-refractivity contribution in [3.05, 3.63) is 75.8 Å². The first-order valence-electron chi connectivity index (χ1n) is 9.28. The average Bonchev–Trinajstić information content (AvgIpc) is 2.72. The van der Waals surface area contributed by atoms with Crippen LogP contribution in [0.5, 0.6) is 0 Å². The summed E-state index contributed by atoms with van der Waals surface area (Å²) >= 11 is 0. The topological polar surface area (TPSA) is 89.1 Å². The molecule has 6 heteroatoms. The van der Waals surface area contributed by atoms with Gasteiger partial charge in [0, 0.05) is 12.0 Å². The number of para-hydroxylation sites is 1. The molecule has 1 N–H and O–H groups in total. The van der Waals surface area contributed by atoms with Crippen molar-refractivity contribution in [2.24, 2.45) is 0 Å². The molecule has 0 spiro atoms. The summed E-state index contributed by atoms with van der Waals surface area (Å²) in [5, 5.41) is 0.502. The fourth-order valence-corrected chi connectivity index (χ4v) is 2.92. The summed E-state index contributed by atoms with van der Waals surface area (Å²) in [5.74, 6) is -0.343. The van der Waals surface area contributed by atoms with E-state index in [1.54, 1.807) is 43.3 Å². The number of esters is 1. The molecule has 1 aromatic heterocycles. The van der Waals surface area contributed by atoms with Gasteiger partial charge in [-0.2, -0.15) is 0 Å². The molecule has 28 heavy (non-hydrogen) atoms. The van der Waals surface area contributed by atoms with E-state index in [0.717, 1.165) is 12.0 Å². The average molecular weight is 378 g/mol. The maximum atomic E-state index is 12.4. The van der Waals surface area contributed by atoms with Crippen LogP contribution in [-0.2, 0) is 22.4 Å². The molecule has 1 atom stereocenters. The third-order valence-electron chi connectivity index (χ3n) is 4.55. The molecule has 2 aromatic carbocycles. The van der Waals surface area contributed by atoms with Gasteiger partial charge in [0.15, 0.2) is 6.10 Å². The number of hydrogen-bond donors (Lipinski definition) is 1. The first-order valence-corrected chi connectivity index (χ1v) is 9.28. The lowest BCUT2D eigenvalue weighted by Gasteiger charge is -2.12. The Balaban J connectivity index is 1.59. The minimum absolute atomic E-state index is 0.0215. The normalized spacial score (nSPS) is 11.9. The number of carbonyl (C=O) groups excluding carboxylic acids is 2. The summed E-state index contributed by atoms with van der Waals surface area (Å²) in [6, 6.07) is 14.3. The van der Waals surface area contributed by atoms with Gasteiger partial charge >= 0.3 is 5.97 Å². The van der Waals surface area contributed by atoms with Gasteiger partial charge in [-0.3, -0.25) is 14.4 Å². The molecule has 0 aliphatic carbocycles. The van der Waals surface area contributed by atoms with E-state index in [1.807, 2.05) is 19.1 Å². The number of carbonyl (C=O) groups is 2.